The zero-order valence-electron chi connectivity index (χ0n) is 7.06. The Kier molecular flexibility index (Phi) is 1.70. The molecule has 0 aliphatic rings. The summed E-state index contributed by atoms with van der Waals surface area (Å²) in [6, 6.07) is 3.03. The van der Waals surface area contributed by atoms with Gasteiger partial charge in [0.05, 0.1) is 6.20 Å². The van der Waals surface area contributed by atoms with Crippen LogP contribution in [0.4, 0.5) is 0 Å². The van der Waals surface area contributed by atoms with Crippen molar-refractivity contribution in [2.75, 3.05) is 0 Å². The van der Waals surface area contributed by atoms with Gasteiger partial charge >= 0.3 is 0 Å². The number of nitrogens with zero attached hydrogens (tertiary/aromatic N) is 3. The average molecular weight is 176 g/mol. The van der Waals surface area contributed by atoms with Crippen molar-refractivity contribution in [3.63, 3.8) is 0 Å². The molecule has 0 saturated heterocycles. The van der Waals surface area contributed by atoms with Gasteiger partial charge in [-0.15, -0.1) is 0 Å². The molecule has 5 heteroatoms. The zero-order valence-corrected chi connectivity index (χ0v) is 7.06. The second kappa shape index (κ2) is 2.85. The van der Waals surface area contributed by atoms with Gasteiger partial charge in [0, 0.05) is 12.3 Å². The second-order valence-corrected chi connectivity index (χ2v) is 2.74. The molecule has 2 aromatic rings. The largest absolute Gasteiger partial charge is 0.268 e. The van der Waals surface area contributed by atoms with Crippen molar-refractivity contribution in [1.82, 2.24) is 20.0 Å². The lowest BCUT2D eigenvalue weighted by Gasteiger charge is -1.96. The molecule has 0 unspecified atom stereocenters. The van der Waals surface area contributed by atoms with Gasteiger partial charge in [-0.05, 0) is 18.6 Å². The lowest BCUT2D eigenvalue weighted by atomic mass is 10.4. The predicted molar refractivity (Wildman–Crippen MR) is 46.7 cm³/mol. The zero-order chi connectivity index (χ0) is 9.26. The summed E-state index contributed by atoms with van der Waals surface area (Å²) in [5, 5.41) is 10.2. The number of aromatic amines is 1. The van der Waals surface area contributed by atoms with E-state index in [0.29, 0.717) is 5.82 Å². The molecule has 2 rings (SSSR count). The Morgan fingerprint density at radius 3 is 2.85 bits per heavy atom. The number of hydrogen-bond donors (Lipinski definition) is 1. The minimum atomic E-state index is -0.215. The highest BCUT2D eigenvalue weighted by Crippen LogP contribution is 2.00. The first-order valence-corrected chi connectivity index (χ1v) is 3.83. The molecule has 0 atom stereocenters. The second-order valence-electron chi connectivity index (χ2n) is 2.74. The number of H-pyrrole nitrogens is 1. The summed E-state index contributed by atoms with van der Waals surface area (Å²) in [5.41, 5.74) is 0.834. The molecule has 0 radical (unpaired) electrons. The van der Waals surface area contributed by atoms with E-state index in [1.807, 2.05) is 13.1 Å². The van der Waals surface area contributed by atoms with Crippen LogP contribution >= 0.6 is 0 Å². The van der Waals surface area contributed by atoms with E-state index in [0.717, 1.165) is 5.56 Å². The third kappa shape index (κ3) is 1.48. The first-order valence-electron chi connectivity index (χ1n) is 3.83. The van der Waals surface area contributed by atoms with Crippen LogP contribution in [0.1, 0.15) is 5.56 Å². The van der Waals surface area contributed by atoms with E-state index < -0.39 is 0 Å². The monoisotopic (exact) mass is 176 g/mol. The number of hydrogen-bond acceptors (Lipinski definition) is 3. The van der Waals surface area contributed by atoms with Crippen molar-refractivity contribution in [2.45, 2.75) is 6.92 Å². The lowest BCUT2D eigenvalue weighted by molar-refractivity contribution is 0.806. The van der Waals surface area contributed by atoms with E-state index in [2.05, 4.69) is 15.3 Å². The van der Waals surface area contributed by atoms with Crippen LogP contribution in [-0.2, 0) is 0 Å². The molecule has 0 amide bonds. The number of aryl methyl sites for hydroxylation is 1. The number of nitrogens with one attached hydrogen (secondary N) is 1. The van der Waals surface area contributed by atoms with E-state index in [9.17, 15) is 4.79 Å². The molecule has 5 nitrogen and oxygen atoms in total. The van der Waals surface area contributed by atoms with Crippen LogP contribution < -0.4 is 5.56 Å². The third-order valence-corrected chi connectivity index (χ3v) is 1.61. The fraction of sp³-hybridized carbons (Fsp3) is 0.125. The molecule has 2 heterocycles. The van der Waals surface area contributed by atoms with Crippen molar-refractivity contribution in [2.24, 2.45) is 0 Å². The third-order valence-electron chi connectivity index (χ3n) is 1.61. The van der Waals surface area contributed by atoms with Gasteiger partial charge < -0.3 is 0 Å². The fourth-order valence-electron chi connectivity index (χ4n) is 1.00. The van der Waals surface area contributed by atoms with E-state index >= 15 is 0 Å². The first kappa shape index (κ1) is 7.72. The van der Waals surface area contributed by atoms with Gasteiger partial charge in [-0.25, -0.2) is 9.78 Å². The van der Waals surface area contributed by atoms with Crippen LogP contribution in [0.3, 0.4) is 0 Å². The number of rotatable bonds is 1. The summed E-state index contributed by atoms with van der Waals surface area (Å²) in [5.74, 6) is 0.604. The lowest BCUT2D eigenvalue weighted by Crippen LogP contribution is -2.09. The summed E-state index contributed by atoms with van der Waals surface area (Å²) < 4.78 is 1.60. The Balaban J connectivity index is 2.47. The van der Waals surface area contributed by atoms with Crippen molar-refractivity contribution in [3.05, 3.63) is 40.4 Å². The molecule has 0 spiro atoms. The van der Waals surface area contributed by atoms with Crippen LogP contribution in [0.25, 0.3) is 5.82 Å². The summed E-state index contributed by atoms with van der Waals surface area (Å²) >= 11 is 0. The molecule has 2 aromatic heterocycles. The van der Waals surface area contributed by atoms with Crippen molar-refractivity contribution < 1.29 is 0 Å². The maximum absolute atomic E-state index is 10.7. The van der Waals surface area contributed by atoms with Crippen molar-refractivity contribution in [1.29, 1.82) is 0 Å². The molecule has 66 valence electrons. The Hall–Kier alpha value is -1.91. The van der Waals surface area contributed by atoms with Gasteiger partial charge in [0.1, 0.15) is 0 Å². The highest BCUT2D eigenvalue weighted by Gasteiger charge is 1.98. The minimum Gasteiger partial charge on any atom is -0.268 e. The normalized spacial score (nSPS) is 10.2. The Morgan fingerprint density at radius 2 is 2.31 bits per heavy atom. The molecule has 0 fully saturated rings. The SMILES string of the molecule is Cc1cnn(-c2ccc(=O)[nH]n2)c1. The highest BCUT2D eigenvalue weighted by atomic mass is 16.1. The standard InChI is InChI=1S/C8H8N4O/c1-6-4-9-12(5-6)7-2-3-8(13)11-10-7/h2-5H,1H3,(H,11,13). The van der Waals surface area contributed by atoms with Crippen LogP contribution in [0.15, 0.2) is 29.3 Å². The Morgan fingerprint density at radius 1 is 1.46 bits per heavy atom. The molecule has 13 heavy (non-hydrogen) atoms. The quantitative estimate of drug-likeness (QED) is 0.678. The molecule has 0 bridgehead atoms. The van der Waals surface area contributed by atoms with Gasteiger partial charge in [-0.3, -0.25) is 4.79 Å². The van der Waals surface area contributed by atoms with Gasteiger partial charge in [-0.2, -0.15) is 10.2 Å². The predicted octanol–water partition coefficient (Wildman–Crippen LogP) is 0.264. The molecule has 0 aliphatic carbocycles. The van der Waals surface area contributed by atoms with Crippen molar-refractivity contribution >= 4 is 0 Å². The fourth-order valence-corrected chi connectivity index (χ4v) is 1.00. The number of aromatic nitrogens is 4. The summed E-state index contributed by atoms with van der Waals surface area (Å²) in [4.78, 5) is 10.7. The topological polar surface area (TPSA) is 63.6 Å². The van der Waals surface area contributed by atoms with Gasteiger partial charge in [0.25, 0.3) is 5.56 Å². The van der Waals surface area contributed by atoms with Gasteiger partial charge in [0.2, 0.25) is 0 Å². The van der Waals surface area contributed by atoms with E-state index in [-0.39, 0.29) is 5.56 Å². The van der Waals surface area contributed by atoms with Crippen LogP contribution in [0.2, 0.25) is 0 Å². The van der Waals surface area contributed by atoms with E-state index in [1.54, 1.807) is 16.9 Å². The van der Waals surface area contributed by atoms with Gasteiger partial charge in [-0.1, -0.05) is 0 Å². The first-order chi connectivity index (χ1) is 6.25. The van der Waals surface area contributed by atoms with E-state index in [4.69, 9.17) is 0 Å². The maximum atomic E-state index is 10.7. The molecule has 0 saturated carbocycles. The van der Waals surface area contributed by atoms with Crippen LogP contribution in [0, 0.1) is 6.92 Å². The summed E-state index contributed by atoms with van der Waals surface area (Å²) in [6.45, 7) is 1.94. The Bertz CT molecular complexity index is 450. The molecule has 0 aliphatic heterocycles. The molecular formula is C8H8N4O. The van der Waals surface area contributed by atoms with Crippen molar-refractivity contribution in [3.8, 4) is 5.82 Å². The van der Waals surface area contributed by atoms with Crippen LogP contribution in [0.5, 0.6) is 0 Å². The molecular weight excluding hydrogens is 168 g/mol. The summed E-state index contributed by atoms with van der Waals surface area (Å²) in [6.07, 6.45) is 3.56. The van der Waals surface area contributed by atoms with E-state index in [1.165, 1.54) is 6.07 Å². The maximum Gasteiger partial charge on any atom is 0.264 e. The molecule has 1 N–H and O–H groups in total. The van der Waals surface area contributed by atoms with Gasteiger partial charge in [0.15, 0.2) is 5.82 Å². The average Bonchev–Trinajstić information content (AvgIpc) is 2.53. The minimum absolute atomic E-state index is 0.215. The van der Waals surface area contributed by atoms with Crippen LogP contribution in [-0.4, -0.2) is 20.0 Å². The molecule has 0 aromatic carbocycles. The summed E-state index contributed by atoms with van der Waals surface area (Å²) in [7, 11) is 0. The Labute approximate surface area is 74.0 Å². The highest BCUT2D eigenvalue weighted by molar-refractivity contribution is 5.19. The smallest absolute Gasteiger partial charge is 0.264 e.